The first kappa shape index (κ1) is 14.7. The van der Waals surface area contributed by atoms with Gasteiger partial charge in [-0.05, 0) is 43.4 Å². The second-order valence-electron chi connectivity index (χ2n) is 4.80. The molecule has 2 aromatic rings. The molecule has 0 radical (unpaired) electrons. The van der Waals surface area contributed by atoms with Crippen molar-refractivity contribution in [3.63, 3.8) is 0 Å². The summed E-state index contributed by atoms with van der Waals surface area (Å²) < 4.78 is 0. The van der Waals surface area contributed by atoms with Crippen molar-refractivity contribution in [2.24, 2.45) is 0 Å². The third-order valence-corrected chi connectivity index (χ3v) is 2.89. The standard InChI is InChI=1S/C14H17N7/c1-21(2)8-7-11-3-5-13(6-4-11)16-10-12(9-15)14-17-19-20-18-14/h3-6,10,16H,7-8H2,1-2H3,(H,17,18,19,20). The Hall–Kier alpha value is -2.72. The van der Waals surface area contributed by atoms with Gasteiger partial charge < -0.3 is 10.2 Å². The Balaban J connectivity index is 1.99. The summed E-state index contributed by atoms with van der Waals surface area (Å²) >= 11 is 0. The second-order valence-corrected chi connectivity index (χ2v) is 4.80. The molecule has 0 amide bonds. The summed E-state index contributed by atoms with van der Waals surface area (Å²) in [5.74, 6) is 0.271. The number of nitrogens with one attached hydrogen (secondary N) is 2. The first-order valence-electron chi connectivity index (χ1n) is 6.53. The molecule has 7 nitrogen and oxygen atoms in total. The van der Waals surface area contributed by atoms with Gasteiger partial charge in [-0.3, -0.25) is 0 Å². The normalized spacial score (nSPS) is 11.4. The molecular formula is C14H17N7. The minimum atomic E-state index is 0.271. The van der Waals surface area contributed by atoms with Crippen LogP contribution in [0.3, 0.4) is 0 Å². The number of nitriles is 1. The highest BCUT2D eigenvalue weighted by Crippen LogP contribution is 2.12. The number of anilines is 1. The smallest absolute Gasteiger partial charge is 0.216 e. The summed E-state index contributed by atoms with van der Waals surface area (Å²) in [6, 6.07) is 10.1. The molecule has 2 N–H and O–H groups in total. The SMILES string of the molecule is CN(C)CCc1ccc(NC=C(C#N)c2nn[nH]n2)cc1. The van der Waals surface area contributed by atoms with Gasteiger partial charge in [-0.25, -0.2) is 0 Å². The van der Waals surface area contributed by atoms with E-state index in [0.717, 1.165) is 18.7 Å². The van der Waals surface area contributed by atoms with Crippen molar-refractivity contribution in [3.05, 3.63) is 41.9 Å². The first-order chi connectivity index (χ1) is 10.2. The van der Waals surface area contributed by atoms with E-state index in [1.165, 1.54) is 5.56 Å². The Labute approximate surface area is 123 Å². The van der Waals surface area contributed by atoms with Crippen molar-refractivity contribution in [1.29, 1.82) is 5.26 Å². The molecular weight excluding hydrogens is 266 g/mol. The van der Waals surface area contributed by atoms with Gasteiger partial charge in [0.2, 0.25) is 5.82 Å². The number of benzene rings is 1. The number of rotatable bonds is 6. The molecule has 108 valence electrons. The van der Waals surface area contributed by atoms with Crippen LogP contribution in [0.25, 0.3) is 5.57 Å². The number of aromatic amines is 1. The van der Waals surface area contributed by atoms with E-state index >= 15 is 0 Å². The zero-order valence-electron chi connectivity index (χ0n) is 12.0. The van der Waals surface area contributed by atoms with Crippen LogP contribution in [0.1, 0.15) is 11.4 Å². The maximum absolute atomic E-state index is 9.06. The highest BCUT2D eigenvalue weighted by atomic mass is 15.5. The Kier molecular flexibility index (Phi) is 5.01. The van der Waals surface area contributed by atoms with Crippen LogP contribution < -0.4 is 5.32 Å². The molecule has 7 heteroatoms. The summed E-state index contributed by atoms with van der Waals surface area (Å²) in [6.07, 6.45) is 2.58. The highest BCUT2D eigenvalue weighted by Gasteiger charge is 2.05. The van der Waals surface area contributed by atoms with E-state index < -0.39 is 0 Å². The molecule has 2 rings (SSSR count). The van der Waals surface area contributed by atoms with Gasteiger partial charge in [-0.2, -0.15) is 10.5 Å². The zero-order chi connectivity index (χ0) is 15.1. The Morgan fingerprint density at radius 3 is 2.71 bits per heavy atom. The van der Waals surface area contributed by atoms with Crippen LogP contribution in [-0.4, -0.2) is 46.2 Å². The molecule has 0 aliphatic carbocycles. The molecule has 0 aliphatic heterocycles. The molecule has 0 aliphatic rings. The largest absolute Gasteiger partial charge is 0.360 e. The number of hydrogen-bond donors (Lipinski definition) is 2. The first-order valence-corrected chi connectivity index (χ1v) is 6.53. The van der Waals surface area contributed by atoms with Crippen molar-refractivity contribution in [1.82, 2.24) is 25.5 Å². The fraction of sp³-hybridized carbons (Fsp3) is 0.286. The van der Waals surface area contributed by atoms with E-state index in [2.05, 4.69) is 57.1 Å². The lowest BCUT2D eigenvalue weighted by Gasteiger charge is -2.09. The lowest BCUT2D eigenvalue weighted by atomic mass is 10.1. The van der Waals surface area contributed by atoms with Gasteiger partial charge in [0.05, 0.1) is 0 Å². The van der Waals surface area contributed by atoms with Crippen LogP contribution in [0.5, 0.6) is 0 Å². The molecule has 0 fully saturated rings. The van der Waals surface area contributed by atoms with Crippen molar-refractivity contribution in [2.45, 2.75) is 6.42 Å². The number of allylic oxidation sites excluding steroid dienone is 1. The van der Waals surface area contributed by atoms with E-state index in [1.807, 2.05) is 18.2 Å². The van der Waals surface area contributed by atoms with Gasteiger partial charge in [-0.1, -0.05) is 12.1 Å². The quantitative estimate of drug-likeness (QED) is 0.776. The van der Waals surface area contributed by atoms with E-state index in [0.29, 0.717) is 5.57 Å². The summed E-state index contributed by atoms with van der Waals surface area (Å²) in [5.41, 5.74) is 2.50. The molecule has 0 saturated heterocycles. The molecule has 21 heavy (non-hydrogen) atoms. The maximum Gasteiger partial charge on any atom is 0.216 e. The van der Waals surface area contributed by atoms with Gasteiger partial charge in [-0.15, -0.1) is 10.2 Å². The van der Waals surface area contributed by atoms with Gasteiger partial charge in [0, 0.05) is 18.4 Å². The topological polar surface area (TPSA) is 93.5 Å². The monoisotopic (exact) mass is 283 g/mol. The van der Waals surface area contributed by atoms with Crippen molar-refractivity contribution in [3.8, 4) is 6.07 Å². The third-order valence-electron chi connectivity index (χ3n) is 2.89. The maximum atomic E-state index is 9.06. The van der Waals surface area contributed by atoms with Crippen LogP contribution in [0.4, 0.5) is 5.69 Å². The van der Waals surface area contributed by atoms with Crippen LogP contribution in [0.2, 0.25) is 0 Å². The Bertz CT molecular complexity index is 620. The number of aromatic nitrogens is 4. The van der Waals surface area contributed by atoms with Gasteiger partial charge in [0.15, 0.2) is 0 Å². The summed E-state index contributed by atoms with van der Waals surface area (Å²) in [6.45, 7) is 1.02. The van der Waals surface area contributed by atoms with Gasteiger partial charge in [0.1, 0.15) is 11.6 Å². The number of tetrazole rings is 1. The molecule has 0 unspecified atom stereocenters. The molecule has 0 saturated carbocycles. The van der Waals surface area contributed by atoms with Crippen LogP contribution in [0, 0.1) is 11.3 Å². The van der Waals surface area contributed by atoms with E-state index in [4.69, 9.17) is 5.26 Å². The Morgan fingerprint density at radius 1 is 1.38 bits per heavy atom. The van der Waals surface area contributed by atoms with E-state index in [1.54, 1.807) is 6.20 Å². The summed E-state index contributed by atoms with van der Waals surface area (Å²) in [7, 11) is 4.12. The lowest BCUT2D eigenvalue weighted by molar-refractivity contribution is 0.413. The predicted molar refractivity (Wildman–Crippen MR) is 80.1 cm³/mol. The summed E-state index contributed by atoms with van der Waals surface area (Å²) in [4.78, 5) is 2.15. The van der Waals surface area contributed by atoms with Crippen LogP contribution in [0.15, 0.2) is 30.5 Å². The highest BCUT2D eigenvalue weighted by molar-refractivity contribution is 5.73. The van der Waals surface area contributed by atoms with Gasteiger partial charge >= 0.3 is 0 Å². The van der Waals surface area contributed by atoms with Gasteiger partial charge in [0.25, 0.3) is 0 Å². The predicted octanol–water partition coefficient (Wildman–Crippen LogP) is 1.28. The average Bonchev–Trinajstić information content (AvgIpc) is 3.01. The number of H-pyrrole nitrogens is 1. The molecule has 0 atom stereocenters. The van der Waals surface area contributed by atoms with E-state index in [-0.39, 0.29) is 5.82 Å². The molecule has 1 heterocycles. The van der Waals surface area contributed by atoms with E-state index in [9.17, 15) is 0 Å². The Morgan fingerprint density at radius 2 is 2.14 bits per heavy atom. The average molecular weight is 283 g/mol. The fourth-order valence-corrected chi connectivity index (χ4v) is 1.70. The second kappa shape index (κ2) is 7.17. The van der Waals surface area contributed by atoms with Crippen LogP contribution >= 0.6 is 0 Å². The van der Waals surface area contributed by atoms with Crippen molar-refractivity contribution in [2.75, 3.05) is 26.0 Å². The minimum absolute atomic E-state index is 0.271. The van der Waals surface area contributed by atoms with Crippen molar-refractivity contribution >= 4 is 11.3 Å². The molecule has 1 aromatic carbocycles. The number of hydrogen-bond acceptors (Lipinski definition) is 6. The number of likely N-dealkylation sites (N-methyl/N-ethyl adjacent to an activating group) is 1. The molecule has 1 aromatic heterocycles. The fourth-order valence-electron chi connectivity index (χ4n) is 1.70. The van der Waals surface area contributed by atoms with Crippen LogP contribution in [-0.2, 0) is 6.42 Å². The zero-order valence-corrected chi connectivity index (χ0v) is 12.0. The van der Waals surface area contributed by atoms with Crippen molar-refractivity contribution < 1.29 is 0 Å². The lowest BCUT2D eigenvalue weighted by Crippen LogP contribution is -2.14. The molecule has 0 bridgehead atoms. The minimum Gasteiger partial charge on any atom is -0.360 e. The summed E-state index contributed by atoms with van der Waals surface area (Å²) in [5, 5.41) is 25.4. The third kappa shape index (κ3) is 4.40. The number of nitrogens with zero attached hydrogens (tertiary/aromatic N) is 5. The molecule has 0 spiro atoms.